The maximum Gasteiger partial charge on any atom is 0.337 e. The normalized spacial score (nSPS) is 18.6. The second-order valence-corrected chi connectivity index (χ2v) is 6.29. The lowest BCUT2D eigenvalue weighted by Crippen LogP contribution is -2.51. The van der Waals surface area contributed by atoms with Crippen molar-refractivity contribution in [2.45, 2.75) is 26.4 Å². The molecule has 0 aromatic heterocycles. The van der Waals surface area contributed by atoms with E-state index in [0.29, 0.717) is 24.4 Å². The van der Waals surface area contributed by atoms with E-state index < -0.39 is 12.0 Å². The zero-order chi connectivity index (χ0) is 18.7. The van der Waals surface area contributed by atoms with Gasteiger partial charge in [0.05, 0.1) is 18.2 Å². The van der Waals surface area contributed by atoms with Crippen LogP contribution in [0.2, 0.25) is 0 Å². The summed E-state index contributed by atoms with van der Waals surface area (Å²) in [5.41, 5.74) is 2.05. The summed E-state index contributed by atoms with van der Waals surface area (Å²) in [5.74, 6) is 1.05. The third-order valence-corrected chi connectivity index (χ3v) is 4.18. The second kappa shape index (κ2) is 7.65. The van der Waals surface area contributed by atoms with Crippen LogP contribution >= 0.6 is 0 Å². The van der Waals surface area contributed by atoms with Crippen molar-refractivity contribution in [2.24, 2.45) is 0 Å². The van der Waals surface area contributed by atoms with Gasteiger partial charge in [-0.25, -0.2) is 9.59 Å². The number of esters is 1. The van der Waals surface area contributed by atoms with E-state index in [2.05, 4.69) is 10.6 Å². The van der Waals surface area contributed by atoms with Gasteiger partial charge in [-0.05, 0) is 38.6 Å². The quantitative estimate of drug-likeness (QED) is 0.744. The zero-order valence-corrected chi connectivity index (χ0v) is 15.1. The molecule has 26 heavy (non-hydrogen) atoms. The number of fused-ring (bicyclic) bond motifs is 1. The molecular weight excluding hydrogens is 338 g/mol. The maximum atomic E-state index is 12.3. The summed E-state index contributed by atoms with van der Waals surface area (Å²) in [5, 5.41) is 5.43. The Morgan fingerprint density at radius 1 is 1.31 bits per heavy atom. The number of urea groups is 1. The predicted octanol–water partition coefficient (Wildman–Crippen LogP) is 1.37. The van der Waals surface area contributed by atoms with Crippen molar-refractivity contribution in [1.82, 2.24) is 15.5 Å². The molecule has 2 amide bonds. The van der Waals surface area contributed by atoms with Gasteiger partial charge in [-0.3, -0.25) is 4.90 Å². The minimum absolute atomic E-state index is 0.237. The highest BCUT2D eigenvalue weighted by Crippen LogP contribution is 2.32. The topological polar surface area (TPSA) is 89.1 Å². The number of carbonyl (C=O) groups excluding carboxylic acids is 2. The van der Waals surface area contributed by atoms with Crippen molar-refractivity contribution < 1.29 is 23.8 Å². The Hall–Kier alpha value is -2.74. The number of hydrogen-bond acceptors (Lipinski definition) is 6. The Morgan fingerprint density at radius 3 is 2.85 bits per heavy atom. The summed E-state index contributed by atoms with van der Waals surface area (Å²) < 4.78 is 15.8. The van der Waals surface area contributed by atoms with E-state index in [0.717, 1.165) is 17.1 Å². The molecule has 0 radical (unpaired) electrons. The highest BCUT2D eigenvalue weighted by atomic mass is 16.7. The molecule has 0 aliphatic carbocycles. The zero-order valence-electron chi connectivity index (χ0n) is 15.1. The van der Waals surface area contributed by atoms with Crippen molar-refractivity contribution in [2.75, 3.05) is 27.0 Å². The molecule has 0 saturated carbocycles. The second-order valence-electron chi connectivity index (χ2n) is 6.29. The van der Waals surface area contributed by atoms with Crippen molar-refractivity contribution >= 4 is 12.0 Å². The van der Waals surface area contributed by atoms with Crippen LogP contribution in [0.1, 0.15) is 19.4 Å². The first kappa shape index (κ1) is 18.1. The number of nitrogens with one attached hydrogen (secondary N) is 2. The smallest absolute Gasteiger partial charge is 0.337 e. The van der Waals surface area contributed by atoms with Gasteiger partial charge in [0.15, 0.2) is 11.5 Å². The molecule has 0 bridgehead atoms. The van der Waals surface area contributed by atoms with Crippen molar-refractivity contribution in [3.8, 4) is 11.5 Å². The molecule has 2 aliphatic heterocycles. The number of likely N-dealkylation sites (N-methyl/N-ethyl adjacent to an activating group) is 1. The van der Waals surface area contributed by atoms with Crippen LogP contribution in [-0.4, -0.2) is 49.9 Å². The fourth-order valence-electron chi connectivity index (χ4n) is 3.08. The van der Waals surface area contributed by atoms with Gasteiger partial charge in [-0.15, -0.1) is 0 Å². The van der Waals surface area contributed by atoms with Crippen LogP contribution < -0.4 is 20.1 Å². The molecule has 8 nitrogen and oxygen atoms in total. The van der Waals surface area contributed by atoms with Gasteiger partial charge in [0, 0.05) is 18.8 Å². The summed E-state index contributed by atoms with van der Waals surface area (Å²) in [6.07, 6.45) is 0. The van der Waals surface area contributed by atoms with Gasteiger partial charge >= 0.3 is 12.0 Å². The van der Waals surface area contributed by atoms with Crippen LogP contribution in [0.4, 0.5) is 4.79 Å². The lowest BCUT2D eigenvalue weighted by Gasteiger charge is -2.29. The molecule has 8 heteroatoms. The highest BCUT2D eigenvalue weighted by molar-refractivity contribution is 5.94. The Labute approximate surface area is 152 Å². The Kier molecular flexibility index (Phi) is 5.32. The molecule has 1 aromatic rings. The summed E-state index contributed by atoms with van der Waals surface area (Å²) in [7, 11) is 1.92. The largest absolute Gasteiger partial charge is 0.463 e. The van der Waals surface area contributed by atoms with E-state index in [1.807, 2.05) is 30.1 Å². The van der Waals surface area contributed by atoms with Crippen LogP contribution in [0.5, 0.6) is 11.5 Å². The summed E-state index contributed by atoms with van der Waals surface area (Å²) in [6, 6.07) is 5.05. The molecule has 1 unspecified atom stereocenters. The number of benzene rings is 1. The van der Waals surface area contributed by atoms with Crippen LogP contribution in [0.15, 0.2) is 29.5 Å². The molecule has 0 fully saturated rings. The molecule has 2 N–H and O–H groups in total. The van der Waals surface area contributed by atoms with Gasteiger partial charge in [-0.1, -0.05) is 6.07 Å². The molecule has 0 saturated heterocycles. The number of carbonyl (C=O) groups is 2. The highest BCUT2D eigenvalue weighted by Gasteiger charge is 2.30. The van der Waals surface area contributed by atoms with Crippen LogP contribution in [0.3, 0.4) is 0 Å². The van der Waals surface area contributed by atoms with Gasteiger partial charge in [0.25, 0.3) is 0 Å². The monoisotopic (exact) mass is 361 g/mol. The minimum atomic E-state index is -0.418. The average Bonchev–Trinajstić information content (AvgIpc) is 3.01. The van der Waals surface area contributed by atoms with Crippen molar-refractivity contribution in [3.05, 3.63) is 35.0 Å². The Balaban J connectivity index is 1.74. The molecule has 2 heterocycles. The Morgan fingerprint density at radius 2 is 2.08 bits per heavy atom. The maximum absolute atomic E-state index is 12.3. The first-order chi connectivity index (χ1) is 12.5. The lowest BCUT2D eigenvalue weighted by molar-refractivity contribution is -0.139. The van der Waals surface area contributed by atoms with Gasteiger partial charge < -0.3 is 24.8 Å². The molecule has 3 rings (SSSR count). The molecular formula is C18H23N3O5. The predicted molar refractivity (Wildman–Crippen MR) is 93.7 cm³/mol. The van der Waals surface area contributed by atoms with E-state index in [1.54, 1.807) is 13.8 Å². The van der Waals surface area contributed by atoms with E-state index in [1.165, 1.54) is 0 Å². The molecule has 140 valence electrons. The van der Waals surface area contributed by atoms with Gasteiger partial charge in [0.2, 0.25) is 6.79 Å². The lowest BCUT2D eigenvalue weighted by atomic mass is 10.0. The van der Waals surface area contributed by atoms with E-state index >= 15 is 0 Å². The number of hydrogen-bond donors (Lipinski definition) is 2. The summed E-state index contributed by atoms with van der Waals surface area (Å²) >= 11 is 0. The molecule has 1 atom stereocenters. The Bertz CT molecular complexity index is 746. The van der Waals surface area contributed by atoms with Gasteiger partial charge in [-0.2, -0.15) is 0 Å². The number of ether oxygens (including phenoxy) is 3. The summed E-state index contributed by atoms with van der Waals surface area (Å²) in [4.78, 5) is 26.1. The third-order valence-electron chi connectivity index (χ3n) is 4.18. The van der Waals surface area contributed by atoms with Crippen LogP contribution in [0.25, 0.3) is 0 Å². The number of nitrogens with zero attached hydrogens (tertiary/aromatic N) is 1. The molecule has 2 aliphatic rings. The first-order valence-corrected chi connectivity index (χ1v) is 8.52. The molecule has 1 aromatic carbocycles. The van der Waals surface area contributed by atoms with Crippen LogP contribution in [0, 0.1) is 0 Å². The molecule has 0 spiro atoms. The first-order valence-electron chi connectivity index (χ1n) is 8.52. The van der Waals surface area contributed by atoms with Crippen molar-refractivity contribution in [1.29, 1.82) is 0 Å². The fraction of sp³-hybridized carbons (Fsp3) is 0.444. The number of amides is 2. The standard InChI is InChI=1S/C18H23N3O5/c1-4-24-17(22)16-11(2)19-18(23)20-13(16)9-21(3)8-12-5-6-14-15(7-12)26-10-25-14/h5-7,11H,4,8-10H2,1-3H3,(H2,19,20,23). The third kappa shape index (κ3) is 3.91. The van der Waals surface area contributed by atoms with E-state index in [-0.39, 0.29) is 19.4 Å². The minimum Gasteiger partial charge on any atom is -0.463 e. The van der Waals surface area contributed by atoms with E-state index in [9.17, 15) is 9.59 Å². The van der Waals surface area contributed by atoms with Crippen LogP contribution in [-0.2, 0) is 16.1 Å². The fourth-order valence-corrected chi connectivity index (χ4v) is 3.08. The number of rotatable bonds is 6. The average molecular weight is 361 g/mol. The van der Waals surface area contributed by atoms with E-state index in [4.69, 9.17) is 14.2 Å². The summed E-state index contributed by atoms with van der Waals surface area (Å²) in [6.45, 7) is 5.06. The SMILES string of the molecule is CCOC(=O)C1=C(CN(C)Cc2ccc3c(c2)OCO3)NC(=O)NC1C. The van der Waals surface area contributed by atoms with Gasteiger partial charge in [0.1, 0.15) is 0 Å². The van der Waals surface area contributed by atoms with Crippen molar-refractivity contribution in [3.63, 3.8) is 0 Å².